The first-order valence-corrected chi connectivity index (χ1v) is 10.8. The van der Waals surface area contributed by atoms with E-state index in [1.165, 1.54) is 35.6 Å². The quantitative estimate of drug-likeness (QED) is 0.278. The molecule has 0 unspecified atom stereocenters. The van der Waals surface area contributed by atoms with Crippen LogP contribution in [0.15, 0.2) is 60.7 Å². The number of carbonyl (C=O) groups excluding carboxylic acids is 2. The molecule has 0 N–H and O–H groups in total. The number of para-hydroxylation sites is 1. The Bertz CT molecular complexity index is 1170. The lowest BCUT2D eigenvalue weighted by Gasteiger charge is -2.20. The minimum atomic E-state index is -0.731. The molecule has 2 amide bonds. The van der Waals surface area contributed by atoms with Gasteiger partial charge in [0.05, 0.1) is 41.4 Å². The number of aromatic nitrogens is 1. The number of hydrogen-bond acceptors (Lipinski definition) is 4. The molecule has 1 aromatic heterocycles. The zero-order valence-electron chi connectivity index (χ0n) is 14.9. The van der Waals surface area contributed by atoms with E-state index < -0.39 is 11.8 Å². The Hall–Kier alpha value is -2.15. The third kappa shape index (κ3) is 3.80. The number of benzene rings is 3. The second kappa shape index (κ2) is 8.53. The first-order valence-electron chi connectivity index (χ1n) is 8.51. The number of halogens is 4. The molecule has 0 atom stereocenters. The van der Waals surface area contributed by atoms with Crippen LogP contribution in [0.2, 0.25) is 20.1 Å². The van der Waals surface area contributed by atoms with E-state index in [4.69, 9.17) is 46.4 Å². The zero-order chi connectivity index (χ0) is 21.4. The van der Waals surface area contributed by atoms with E-state index in [0.29, 0.717) is 5.52 Å². The zero-order valence-corrected chi connectivity index (χ0v) is 18.7. The molecular weight excluding hydrogens is 486 g/mol. The van der Waals surface area contributed by atoms with Crippen LogP contribution >= 0.6 is 57.7 Å². The van der Waals surface area contributed by atoms with E-state index in [1.54, 1.807) is 18.2 Å². The molecule has 0 fully saturated rings. The minimum absolute atomic E-state index is 0.0170. The average Bonchev–Trinajstić information content (AvgIpc) is 3.11. The van der Waals surface area contributed by atoms with Crippen molar-refractivity contribution in [2.75, 3.05) is 4.90 Å². The number of imide groups is 1. The number of hydrogen-bond donors (Lipinski definition) is 0. The summed E-state index contributed by atoms with van der Waals surface area (Å²) < 4.78 is 0.800. The summed E-state index contributed by atoms with van der Waals surface area (Å²) in [5.41, 5.74) is 0.604. The summed E-state index contributed by atoms with van der Waals surface area (Å²) in [7, 11) is 0. The Morgan fingerprint density at radius 2 is 1.17 bits per heavy atom. The van der Waals surface area contributed by atoms with Crippen LogP contribution in [0.3, 0.4) is 0 Å². The van der Waals surface area contributed by atoms with Gasteiger partial charge in [0.1, 0.15) is 0 Å². The normalized spacial score (nSPS) is 10.9. The Morgan fingerprint density at radius 1 is 0.700 bits per heavy atom. The standard InChI is InChI=1S/C21H10Cl4N2O2S/c22-11-5-3-6-12(23)17(11)19(28)27(20(29)18-13(24)7-4-8-14(18)25)21-26-15-9-1-2-10-16(15)30-21/h1-10H. The molecule has 150 valence electrons. The van der Waals surface area contributed by atoms with Crippen LogP contribution in [0, 0.1) is 0 Å². The van der Waals surface area contributed by atoms with E-state index in [1.807, 2.05) is 18.2 Å². The van der Waals surface area contributed by atoms with Crippen molar-refractivity contribution in [2.24, 2.45) is 0 Å². The molecule has 30 heavy (non-hydrogen) atoms. The maximum atomic E-state index is 13.5. The monoisotopic (exact) mass is 494 g/mol. The fraction of sp³-hybridized carbons (Fsp3) is 0. The van der Waals surface area contributed by atoms with Crippen LogP contribution in [0.1, 0.15) is 20.7 Å². The molecule has 3 aromatic carbocycles. The highest BCUT2D eigenvalue weighted by Crippen LogP contribution is 2.35. The highest BCUT2D eigenvalue weighted by molar-refractivity contribution is 7.22. The SMILES string of the molecule is O=C(c1c(Cl)cccc1Cl)N(C(=O)c1c(Cl)cccc1Cl)c1nc2ccccc2s1. The van der Waals surface area contributed by atoms with Crippen LogP contribution in [0.5, 0.6) is 0 Å². The summed E-state index contributed by atoms with van der Waals surface area (Å²) in [6, 6.07) is 16.6. The van der Waals surface area contributed by atoms with Crippen LogP contribution < -0.4 is 4.90 Å². The number of thiazole rings is 1. The fourth-order valence-electron chi connectivity index (χ4n) is 2.85. The summed E-state index contributed by atoms with van der Waals surface area (Å²) in [5, 5.41) is 0.583. The molecular formula is C21H10Cl4N2O2S. The lowest BCUT2D eigenvalue weighted by molar-refractivity contribution is 0.0898. The van der Waals surface area contributed by atoms with Crippen molar-refractivity contribution < 1.29 is 9.59 Å². The highest BCUT2D eigenvalue weighted by Gasteiger charge is 2.33. The molecule has 0 saturated heterocycles. The number of nitrogens with zero attached hydrogens (tertiary/aromatic N) is 2. The summed E-state index contributed by atoms with van der Waals surface area (Å²) in [6.45, 7) is 0. The van der Waals surface area contributed by atoms with E-state index in [-0.39, 0.29) is 36.3 Å². The van der Waals surface area contributed by atoms with Gasteiger partial charge in [0, 0.05) is 0 Å². The minimum Gasteiger partial charge on any atom is -0.268 e. The van der Waals surface area contributed by atoms with Crippen LogP contribution in [-0.2, 0) is 0 Å². The van der Waals surface area contributed by atoms with Gasteiger partial charge in [0.2, 0.25) is 5.13 Å². The maximum Gasteiger partial charge on any atom is 0.270 e. The topological polar surface area (TPSA) is 50.3 Å². The van der Waals surface area contributed by atoms with Gasteiger partial charge < -0.3 is 0 Å². The van der Waals surface area contributed by atoms with E-state index in [2.05, 4.69) is 4.98 Å². The van der Waals surface area contributed by atoms with Gasteiger partial charge in [-0.25, -0.2) is 9.88 Å². The van der Waals surface area contributed by atoms with Crippen LogP contribution in [0.4, 0.5) is 5.13 Å². The molecule has 4 aromatic rings. The average molecular weight is 496 g/mol. The van der Waals surface area contributed by atoms with Gasteiger partial charge in [-0.1, -0.05) is 82.0 Å². The summed E-state index contributed by atoms with van der Waals surface area (Å²) >= 11 is 26.1. The van der Waals surface area contributed by atoms with E-state index >= 15 is 0 Å². The predicted octanol–water partition coefficient (Wildman–Crippen LogP) is 7.40. The van der Waals surface area contributed by atoms with Crippen molar-refractivity contribution in [3.05, 3.63) is 91.9 Å². The van der Waals surface area contributed by atoms with Crippen molar-refractivity contribution in [1.29, 1.82) is 0 Å². The molecule has 0 radical (unpaired) electrons. The van der Waals surface area contributed by atoms with E-state index in [9.17, 15) is 9.59 Å². The highest BCUT2D eigenvalue weighted by atomic mass is 35.5. The second-order valence-corrected chi connectivity index (χ2v) is 8.74. The largest absolute Gasteiger partial charge is 0.270 e. The number of anilines is 1. The van der Waals surface area contributed by atoms with Crippen LogP contribution in [0.25, 0.3) is 10.2 Å². The first kappa shape index (κ1) is 21.1. The second-order valence-electron chi connectivity index (χ2n) is 6.10. The lowest BCUT2D eigenvalue weighted by atomic mass is 10.1. The summed E-state index contributed by atoms with van der Waals surface area (Å²) in [5.74, 6) is -1.46. The molecule has 0 spiro atoms. The lowest BCUT2D eigenvalue weighted by Crippen LogP contribution is -2.37. The predicted molar refractivity (Wildman–Crippen MR) is 124 cm³/mol. The number of rotatable bonds is 3. The molecule has 0 bridgehead atoms. The van der Waals surface area contributed by atoms with Gasteiger partial charge in [0.15, 0.2) is 0 Å². The van der Waals surface area contributed by atoms with Gasteiger partial charge in [0.25, 0.3) is 11.8 Å². The summed E-state index contributed by atoms with van der Waals surface area (Å²) in [4.78, 5) is 32.4. The first-order chi connectivity index (χ1) is 14.4. The van der Waals surface area contributed by atoms with Crippen molar-refractivity contribution in [3.63, 3.8) is 0 Å². The Balaban J connectivity index is 1.93. The Kier molecular flexibility index (Phi) is 6.00. The Labute approximate surface area is 195 Å². The molecule has 9 heteroatoms. The number of fused-ring (bicyclic) bond motifs is 1. The van der Waals surface area contributed by atoms with Gasteiger partial charge in [-0.15, -0.1) is 0 Å². The Morgan fingerprint density at radius 3 is 1.63 bits per heavy atom. The molecule has 0 saturated carbocycles. The molecule has 0 aliphatic heterocycles. The number of amides is 2. The third-order valence-corrected chi connectivity index (χ3v) is 6.51. The molecule has 1 heterocycles. The van der Waals surface area contributed by atoms with Crippen molar-refractivity contribution in [2.45, 2.75) is 0 Å². The van der Waals surface area contributed by atoms with Gasteiger partial charge in [-0.3, -0.25) is 9.59 Å². The maximum absolute atomic E-state index is 13.5. The van der Waals surface area contributed by atoms with Crippen molar-refractivity contribution in [1.82, 2.24) is 4.98 Å². The van der Waals surface area contributed by atoms with Crippen LogP contribution in [-0.4, -0.2) is 16.8 Å². The van der Waals surface area contributed by atoms with Gasteiger partial charge in [-0.2, -0.15) is 0 Å². The van der Waals surface area contributed by atoms with Crippen molar-refractivity contribution >= 4 is 84.9 Å². The third-order valence-electron chi connectivity index (χ3n) is 4.23. The smallest absolute Gasteiger partial charge is 0.268 e. The molecule has 4 rings (SSSR count). The van der Waals surface area contributed by atoms with Crippen molar-refractivity contribution in [3.8, 4) is 0 Å². The molecule has 0 aliphatic carbocycles. The summed E-state index contributed by atoms with van der Waals surface area (Å²) in [6.07, 6.45) is 0. The fourth-order valence-corrected chi connectivity index (χ4v) is 4.93. The molecule has 0 aliphatic rings. The van der Waals surface area contributed by atoms with Gasteiger partial charge in [-0.05, 0) is 36.4 Å². The van der Waals surface area contributed by atoms with Gasteiger partial charge >= 0.3 is 0 Å². The number of carbonyl (C=O) groups is 2. The molecule has 4 nitrogen and oxygen atoms in total. The van der Waals surface area contributed by atoms with E-state index in [0.717, 1.165) is 9.60 Å².